The summed E-state index contributed by atoms with van der Waals surface area (Å²) in [4.78, 5) is 12.9. The molecule has 28 heavy (non-hydrogen) atoms. The van der Waals surface area contributed by atoms with Crippen LogP contribution in [0.4, 0.5) is 10.1 Å². The zero-order valence-electron chi connectivity index (χ0n) is 16.3. The molecule has 0 aliphatic carbocycles. The number of benzene rings is 2. The molecule has 152 valence electrons. The van der Waals surface area contributed by atoms with Gasteiger partial charge in [0.05, 0.1) is 37.8 Å². The van der Waals surface area contributed by atoms with E-state index in [0.29, 0.717) is 5.56 Å². The molecule has 0 fully saturated rings. The summed E-state index contributed by atoms with van der Waals surface area (Å²) in [5.41, 5.74) is 0.941. The summed E-state index contributed by atoms with van der Waals surface area (Å²) in [5, 5.41) is 2.79. The van der Waals surface area contributed by atoms with E-state index in [2.05, 4.69) is 5.32 Å². The van der Waals surface area contributed by atoms with Crippen molar-refractivity contribution in [2.24, 2.45) is 0 Å². The van der Waals surface area contributed by atoms with E-state index < -0.39 is 22.0 Å². The topological polar surface area (TPSA) is 84.9 Å². The van der Waals surface area contributed by atoms with Crippen LogP contribution in [0, 0.1) is 5.82 Å². The fourth-order valence-corrected chi connectivity index (χ4v) is 3.11. The van der Waals surface area contributed by atoms with Gasteiger partial charge < -0.3 is 14.8 Å². The second-order valence-electron chi connectivity index (χ2n) is 6.20. The monoisotopic (exact) mass is 410 g/mol. The van der Waals surface area contributed by atoms with Crippen molar-refractivity contribution in [2.75, 3.05) is 31.8 Å². The fourth-order valence-electron chi connectivity index (χ4n) is 2.60. The van der Waals surface area contributed by atoms with Crippen LogP contribution in [0.1, 0.15) is 28.9 Å². The average molecular weight is 410 g/mol. The van der Waals surface area contributed by atoms with Crippen molar-refractivity contribution in [3.8, 4) is 11.5 Å². The molecule has 0 bridgehead atoms. The van der Waals surface area contributed by atoms with Gasteiger partial charge in [-0.3, -0.25) is 9.10 Å². The molecule has 7 nitrogen and oxygen atoms in total. The number of hydrogen-bond donors (Lipinski definition) is 1. The fraction of sp³-hybridized carbons (Fsp3) is 0.316. The summed E-state index contributed by atoms with van der Waals surface area (Å²) in [6.07, 6.45) is 1.03. The van der Waals surface area contributed by atoms with E-state index in [-0.39, 0.29) is 28.6 Å². The van der Waals surface area contributed by atoms with Crippen LogP contribution in [0.2, 0.25) is 0 Å². The molecule has 2 rings (SSSR count). The lowest BCUT2D eigenvalue weighted by molar-refractivity contribution is 0.0940. The van der Waals surface area contributed by atoms with Crippen LogP contribution in [-0.2, 0) is 10.0 Å². The van der Waals surface area contributed by atoms with Crippen LogP contribution in [0.5, 0.6) is 11.5 Å². The van der Waals surface area contributed by atoms with Gasteiger partial charge in [0.15, 0.2) is 11.5 Å². The van der Waals surface area contributed by atoms with Gasteiger partial charge in [0.25, 0.3) is 5.91 Å². The maximum Gasteiger partial charge on any atom is 0.254 e. The average Bonchev–Trinajstić information content (AvgIpc) is 2.65. The normalized spacial score (nSPS) is 12.2. The molecular formula is C19H23FN2O5S. The summed E-state index contributed by atoms with van der Waals surface area (Å²) < 4.78 is 48.6. The minimum atomic E-state index is -3.63. The van der Waals surface area contributed by atoms with Gasteiger partial charge in [-0.05, 0) is 30.7 Å². The number of nitrogens with one attached hydrogen (secondary N) is 1. The first kappa shape index (κ1) is 21.5. The highest BCUT2D eigenvalue weighted by Gasteiger charge is 2.24. The van der Waals surface area contributed by atoms with Crippen molar-refractivity contribution in [3.05, 3.63) is 53.3 Å². The number of halogens is 1. The summed E-state index contributed by atoms with van der Waals surface area (Å²) in [6.45, 7) is 1.74. The van der Waals surface area contributed by atoms with Gasteiger partial charge in [-0.25, -0.2) is 12.8 Å². The molecule has 0 saturated carbocycles. The molecule has 2 aromatic carbocycles. The maximum absolute atomic E-state index is 13.1. The third kappa shape index (κ3) is 4.72. The van der Waals surface area contributed by atoms with Gasteiger partial charge in [0.2, 0.25) is 10.0 Å². The lowest BCUT2D eigenvalue weighted by atomic mass is 10.1. The van der Waals surface area contributed by atoms with Crippen LogP contribution in [0.3, 0.4) is 0 Å². The second-order valence-corrected chi connectivity index (χ2v) is 8.22. The molecule has 0 aromatic heterocycles. The lowest BCUT2D eigenvalue weighted by Gasteiger charge is -2.23. The zero-order chi connectivity index (χ0) is 21.1. The van der Waals surface area contributed by atoms with Gasteiger partial charge in [-0.2, -0.15) is 0 Å². The number of sulfonamides is 1. The summed E-state index contributed by atoms with van der Waals surface area (Å²) >= 11 is 0. The van der Waals surface area contributed by atoms with E-state index in [1.165, 1.54) is 45.5 Å². The second kappa shape index (κ2) is 8.47. The first-order chi connectivity index (χ1) is 13.1. The number of anilines is 1. The Morgan fingerprint density at radius 3 is 2.14 bits per heavy atom. The van der Waals surface area contributed by atoms with Crippen LogP contribution >= 0.6 is 0 Å². The number of nitrogens with zero attached hydrogens (tertiary/aromatic N) is 1. The van der Waals surface area contributed by atoms with Gasteiger partial charge >= 0.3 is 0 Å². The Kier molecular flexibility index (Phi) is 6.50. The zero-order valence-corrected chi connectivity index (χ0v) is 17.1. The molecule has 9 heteroatoms. The summed E-state index contributed by atoms with van der Waals surface area (Å²) in [7, 11) is 0.550. The third-order valence-corrected chi connectivity index (χ3v) is 5.49. The number of carbonyl (C=O) groups excluding carboxylic acids is 1. The number of rotatable bonds is 7. The molecule has 0 radical (unpaired) electrons. The SMILES string of the molecule is COc1cc(C(=O)N[C@@H](C)c2ccc(F)cc2)c(N(C)S(C)(=O)=O)cc1OC. The Balaban J connectivity index is 2.46. The Morgan fingerprint density at radius 1 is 1.11 bits per heavy atom. The van der Waals surface area contributed by atoms with E-state index in [0.717, 1.165) is 10.6 Å². The number of carbonyl (C=O) groups is 1. The van der Waals surface area contributed by atoms with E-state index in [1.807, 2.05) is 0 Å². The van der Waals surface area contributed by atoms with E-state index >= 15 is 0 Å². The first-order valence-electron chi connectivity index (χ1n) is 8.34. The molecule has 0 saturated heterocycles. The van der Waals surface area contributed by atoms with Crippen LogP contribution in [0.15, 0.2) is 36.4 Å². The van der Waals surface area contributed by atoms with Crippen molar-refractivity contribution >= 4 is 21.6 Å². The number of ether oxygens (including phenoxy) is 2. The predicted molar refractivity (Wildman–Crippen MR) is 105 cm³/mol. The molecule has 0 heterocycles. The first-order valence-corrected chi connectivity index (χ1v) is 10.2. The maximum atomic E-state index is 13.1. The van der Waals surface area contributed by atoms with Gasteiger partial charge in [-0.1, -0.05) is 12.1 Å². The summed E-state index contributed by atoms with van der Waals surface area (Å²) in [6, 6.07) is 8.16. The Labute approximate surface area is 164 Å². The third-order valence-electron chi connectivity index (χ3n) is 4.30. The number of amides is 1. The molecule has 0 unspecified atom stereocenters. The van der Waals surface area contributed by atoms with E-state index in [1.54, 1.807) is 19.1 Å². The molecule has 0 spiro atoms. The summed E-state index contributed by atoms with van der Waals surface area (Å²) in [5.74, 6) is -0.314. The van der Waals surface area contributed by atoms with Crippen LogP contribution in [-0.4, -0.2) is 41.8 Å². The molecule has 1 N–H and O–H groups in total. The van der Waals surface area contributed by atoms with Crippen LogP contribution in [0.25, 0.3) is 0 Å². The van der Waals surface area contributed by atoms with Gasteiger partial charge in [-0.15, -0.1) is 0 Å². The minimum absolute atomic E-state index is 0.0968. The Hall–Kier alpha value is -2.81. The van der Waals surface area contributed by atoms with Gasteiger partial charge in [0, 0.05) is 13.1 Å². The largest absolute Gasteiger partial charge is 0.493 e. The molecule has 0 aliphatic heterocycles. The Bertz CT molecular complexity index is 961. The highest BCUT2D eigenvalue weighted by atomic mass is 32.2. The number of hydrogen-bond acceptors (Lipinski definition) is 5. The van der Waals surface area contributed by atoms with Crippen molar-refractivity contribution in [1.82, 2.24) is 5.32 Å². The molecule has 1 atom stereocenters. The van der Waals surface area contributed by atoms with Crippen molar-refractivity contribution in [1.29, 1.82) is 0 Å². The van der Waals surface area contributed by atoms with Crippen molar-refractivity contribution < 1.29 is 27.1 Å². The predicted octanol–water partition coefficient (Wildman–Crippen LogP) is 2.73. The highest BCUT2D eigenvalue weighted by Crippen LogP contribution is 2.36. The highest BCUT2D eigenvalue weighted by molar-refractivity contribution is 7.92. The minimum Gasteiger partial charge on any atom is -0.493 e. The lowest BCUT2D eigenvalue weighted by Crippen LogP contribution is -2.31. The molecule has 0 aliphatic rings. The molecular weight excluding hydrogens is 387 g/mol. The van der Waals surface area contributed by atoms with Crippen LogP contribution < -0.4 is 19.1 Å². The van der Waals surface area contributed by atoms with Crippen molar-refractivity contribution in [2.45, 2.75) is 13.0 Å². The Morgan fingerprint density at radius 2 is 1.64 bits per heavy atom. The number of methoxy groups -OCH3 is 2. The van der Waals surface area contributed by atoms with E-state index in [4.69, 9.17) is 9.47 Å². The van der Waals surface area contributed by atoms with E-state index in [9.17, 15) is 17.6 Å². The quantitative estimate of drug-likeness (QED) is 0.759. The smallest absolute Gasteiger partial charge is 0.254 e. The van der Waals surface area contributed by atoms with Gasteiger partial charge in [0.1, 0.15) is 5.82 Å². The standard InChI is InChI=1S/C19H23FN2O5S/c1-12(13-6-8-14(20)9-7-13)21-19(23)15-10-17(26-3)18(27-4)11-16(15)22(2)28(5,24)25/h6-12H,1-5H3,(H,21,23)/t12-/m0/s1. The molecule has 2 aromatic rings. The van der Waals surface area contributed by atoms with Crippen molar-refractivity contribution in [3.63, 3.8) is 0 Å². The molecule has 1 amide bonds.